The van der Waals surface area contributed by atoms with E-state index in [1.165, 1.54) is 11.1 Å². The van der Waals surface area contributed by atoms with Crippen LogP contribution in [0.3, 0.4) is 0 Å². The summed E-state index contributed by atoms with van der Waals surface area (Å²) in [5.41, 5.74) is 2.78. The molecule has 0 aromatic rings. The van der Waals surface area contributed by atoms with Crippen LogP contribution >= 0.6 is 12.4 Å². The van der Waals surface area contributed by atoms with Gasteiger partial charge in [-0.25, -0.2) is 0 Å². The fourth-order valence-corrected chi connectivity index (χ4v) is 0.600. The molecule has 0 spiro atoms. The van der Waals surface area contributed by atoms with Crippen LogP contribution in [0.15, 0.2) is 23.3 Å². The largest absolute Gasteiger partial charge is 0.147 e. The van der Waals surface area contributed by atoms with Crippen molar-refractivity contribution in [2.75, 3.05) is 0 Å². The van der Waals surface area contributed by atoms with Gasteiger partial charge < -0.3 is 0 Å². The van der Waals surface area contributed by atoms with Gasteiger partial charge in [-0.2, -0.15) is 0 Å². The first kappa shape index (κ1) is 12.2. The third-order valence-electron chi connectivity index (χ3n) is 1.31. The van der Waals surface area contributed by atoms with E-state index in [4.69, 9.17) is 0 Å². The molecule has 2 heteroatoms. The second kappa shape index (κ2) is 5.28. The molecule has 0 atom stereocenters. The van der Waals surface area contributed by atoms with Crippen LogP contribution in [0.4, 0.5) is 0 Å². The molecule has 0 aromatic heterocycles. The molecule has 49 valence electrons. The summed E-state index contributed by atoms with van der Waals surface area (Å²) < 4.78 is 0. The van der Waals surface area contributed by atoms with Gasteiger partial charge in [0.1, 0.15) is 0 Å². The quantitative estimate of drug-likeness (QED) is 0.499. The molecule has 0 nitrogen and oxygen atoms in total. The van der Waals surface area contributed by atoms with E-state index in [1.807, 2.05) is 0 Å². The number of hydrogen-bond donors (Lipinski definition) is 0. The molecule has 0 aliphatic heterocycles. The van der Waals surface area contributed by atoms with Crippen LogP contribution in [-0.2, 0) is 21.7 Å². The summed E-state index contributed by atoms with van der Waals surface area (Å²) in [6.07, 6.45) is 6.31. The van der Waals surface area contributed by atoms with Crippen molar-refractivity contribution < 1.29 is 21.7 Å². The number of allylic oxidation sites excluding steroid dienone is 4. The van der Waals surface area contributed by atoms with E-state index in [1.54, 1.807) is 0 Å². The Bertz CT molecular complexity index is 120. The molecule has 0 amide bonds. The third-order valence-corrected chi connectivity index (χ3v) is 1.31. The van der Waals surface area contributed by atoms with E-state index in [0.29, 0.717) is 0 Å². The Balaban J connectivity index is 0. The first-order valence-corrected chi connectivity index (χ1v) is 2.49. The maximum Gasteiger partial charge on any atom is 0.00562 e. The molecule has 1 rings (SSSR count). The van der Waals surface area contributed by atoms with Crippen molar-refractivity contribution in [3.63, 3.8) is 0 Å². The average Bonchev–Trinajstić information content (AvgIpc) is 1.91. The molecule has 0 heterocycles. The number of rotatable bonds is 0. The van der Waals surface area contributed by atoms with Gasteiger partial charge in [-0.05, 0) is 13.8 Å². The van der Waals surface area contributed by atoms with Gasteiger partial charge in [-0.1, -0.05) is 23.3 Å². The van der Waals surface area contributed by atoms with Crippen LogP contribution in [0.1, 0.15) is 13.8 Å². The van der Waals surface area contributed by atoms with Crippen LogP contribution in [-0.4, -0.2) is 0 Å². The summed E-state index contributed by atoms with van der Waals surface area (Å²) >= 11 is 0. The van der Waals surface area contributed by atoms with E-state index in [0.717, 1.165) is 0 Å². The average molecular weight is 177 g/mol. The smallest absolute Gasteiger partial charge is 0.00562 e. The maximum absolute atomic E-state index is 2.12. The van der Waals surface area contributed by atoms with E-state index >= 15 is 0 Å². The van der Waals surface area contributed by atoms with Crippen LogP contribution in [0.25, 0.3) is 0 Å². The summed E-state index contributed by atoms with van der Waals surface area (Å²) in [6.45, 7) is 4.24. The summed E-state index contributed by atoms with van der Waals surface area (Å²) in [6, 6.07) is 0. The minimum absolute atomic E-state index is 0. The van der Waals surface area contributed by atoms with Gasteiger partial charge in [0.2, 0.25) is 0 Å². The van der Waals surface area contributed by atoms with Gasteiger partial charge in [0.25, 0.3) is 0 Å². The van der Waals surface area contributed by atoms with Crippen molar-refractivity contribution in [1.29, 1.82) is 0 Å². The zero-order chi connectivity index (χ0) is 5.28. The summed E-state index contributed by atoms with van der Waals surface area (Å²) in [5.74, 6) is 0. The Hall–Kier alpha value is 0.484. The SMILES string of the molecule is CC1=C[CH]C=C1C.Cl.[Ti]. The van der Waals surface area contributed by atoms with Crippen molar-refractivity contribution in [2.24, 2.45) is 0 Å². The molecular formula is C7H10ClTi. The molecule has 1 aliphatic rings. The van der Waals surface area contributed by atoms with Crippen LogP contribution in [0.2, 0.25) is 0 Å². The van der Waals surface area contributed by atoms with Gasteiger partial charge in [0.05, 0.1) is 0 Å². The van der Waals surface area contributed by atoms with E-state index < -0.39 is 0 Å². The van der Waals surface area contributed by atoms with Crippen LogP contribution < -0.4 is 0 Å². The van der Waals surface area contributed by atoms with Gasteiger partial charge in [0, 0.05) is 28.1 Å². The minimum Gasteiger partial charge on any atom is -0.147 e. The Morgan fingerprint density at radius 1 is 1.00 bits per heavy atom. The van der Waals surface area contributed by atoms with E-state index in [9.17, 15) is 0 Å². The molecule has 9 heavy (non-hydrogen) atoms. The first-order valence-electron chi connectivity index (χ1n) is 2.49. The number of halogens is 1. The first-order chi connectivity index (χ1) is 3.30. The molecule has 1 aliphatic carbocycles. The summed E-state index contributed by atoms with van der Waals surface area (Å²) in [5, 5.41) is 0. The standard InChI is InChI=1S/C7H9.ClH.Ti/c1-6-4-3-5-7(6)2;;/h3-5H,1-2H3;1H;. The molecule has 0 N–H and O–H groups in total. The maximum atomic E-state index is 2.12. The zero-order valence-electron chi connectivity index (χ0n) is 5.64. The monoisotopic (exact) mass is 177 g/mol. The molecule has 0 fully saturated rings. The summed E-state index contributed by atoms with van der Waals surface area (Å²) in [4.78, 5) is 0. The molecule has 0 bridgehead atoms. The van der Waals surface area contributed by atoms with Crippen molar-refractivity contribution in [3.05, 3.63) is 29.7 Å². The Kier molecular flexibility index (Phi) is 7.15. The van der Waals surface area contributed by atoms with Gasteiger partial charge in [-0.15, -0.1) is 12.4 Å². The predicted octanol–water partition coefficient (Wildman–Crippen LogP) is 2.52. The second-order valence-corrected chi connectivity index (χ2v) is 1.89. The van der Waals surface area contributed by atoms with Crippen molar-refractivity contribution in [2.45, 2.75) is 13.8 Å². The molecule has 1 radical (unpaired) electrons. The van der Waals surface area contributed by atoms with Crippen molar-refractivity contribution >= 4 is 12.4 Å². The van der Waals surface area contributed by atoms with Crippen molar-refractivity contribution in [3.8, 4) is 0 Å². The molecule has 0 aromatic carbocycles. The van der Waals surface area contributed by atoms with Crippen LogP contribution in [0.5, 0.6) is 0 Å². The molecule has 0 saturated heterocycles. The molecular weight excluding hydrogens is 167 g/mol. The Morgan fingerprint density at radius 3 is 1.44 bits per heavy atom. The van der Waals surface area contributed by atoms with E-state index in [2.05, 4.69) is 32.4 Å². The topological polar surface area (TPSA) is 0 Å². The normalized spacial score (nSPS) is 14.9. The number of hydrogen-bond acceptors (Lipinski definition) is 0. The second-order valence-electron chi connectivity index (χ2n) is 1.89. The van der Waals surface area contributed by atoms with Gasteiger partial charge >= 0.3 is 0 Å². The van der Waals surface area contributed by atoms with Gasteiger partial charge in [-0.3, -0.25) is 0 Å². The predicted molar refractivity (Wildman–Crippen MR) is 39.1 cm³/mol. The Morgan fingerprint density at radius 2 is 1.33 bits per heavy atom. The molecule has 0 unspecified atom stereocenters. The summed E-state index contributed by atoms with van der Waals surface area (Å²) in [7, 11) is 0. The fraction of sp³-hybridized carbons (Fsp3) is 0.286. The van der Waals surface area contributed by atoms with Crippen molar-refractivity contribution in [1.82, 2.24) is 0 Å². The minimum atomic E-state index is 0. The fourth-order valence-electron chi connectivity index (χ4n) is 0.600. The third kappa shape index (κ3) is 3.25. The van der Waals surface area contributed by atoms with E-state index in [-0.39, 0.29) is 34.1 Å². The Labute approximate surface area is 77.7 Å². The molecule has 0 saturated carbocycles. The zero-order valence-corrected chi connectivity index (χ0v) is 8.02. The van der Waals surface area contributed by atoms with Crippen LogP contribution in [0, 0.1) is 6.42 Å². The van der Waals surface area contributed by atoms with Gasteiger partial charge in [0.15, 0.2) is 0 Å².